The van der Waals surface area contributed by atoms with Crippen LogP contribution in [0.15, 0.2) is 23.1 Å². The fourth-order valence-electron chi connectivity index (χ4n) is 3.16. The van der Waals surface area contributed by atoms with Gasteiger partial charge in [-0.2, -0.15) is 0 Å². The number of nitrogens with one attached hydrogen (secondary N) is 1. The normalized spacial score (nSPS) is 28.3. The van der Waals surface area contributed by atoms with Crippen LogP contribution in [0.2, 0.25) is 0 Å². The summed E-state index contributed by atoms with van der Waals surface area (Å²) in [6.45, 7) is 6.45. The number of benzene rings is 1. The molecule has 0 bridgehead atoms. The highest BCUT2D eigenvalue weighted by molar-refractivity contribution is 7.85. The first-order chi connectivity index (χ1) is 9.56. The van der Waals surface area contributed by atoms with E-state index in [1.165, 1.54) is 24.0 Å². The predicted octanol–water partition coefficient (Wildman–Crippen LogP) is 3.58. The molecule has 0 aliphatic heterocycles. The summed E-state index contributed by atoms with van der Waals surface area (Å²) < 4.78 is 13.0. The highest BCUT2D eigenvalue weighted by Crippen LogP contribution is 2.32. The van der Waals surface area contributed by atoms with Crippen molar-refractivity contribution in [2.75, 3.05) is 7.05 Å². The zero-order valence-corrected chi connectivity index (χ0v) is 13.9. The van der Waals surface area contributed by atoms with Gasteiger partial charge in [-0.25, -0.2) is 0 Å². The molecular weight excluding hydrogens is 266 g/mol. The average Bonchev–Trinajstić information content (AvgIpc) is 2.48. The molecule has 112 valence electrons. The predicted molar refractivity (Wildman–Crippen MR) is 86.6 cm³/mol. The largest absolute Gasteiger partial charge is 0.316 e. The molecule has 2 rings (SSSR count). The number of hydrogen-bond acceptors (Lipinski definition) is 2. The molecule has 1 N–H and O–H groups in total. The molecule has 0 saturated heterocycles. The van der Waals surface area contributed by atoms with E-state index >= 15 is 0 Å². The Balaban J connectivity index is 2.22. The number of aryl methyl sites for hydroxylation is 2. The van der Waals surface area contributed by atoms with E-state index in [2.05, 4.69) is 38.2 Å². The van der Waals surface area contributed by atoms with Crippen molar-refractivity contribution in [3.63, 3.8) is 0 Å². The van der Waals surface area contributed by atoms with Gasteiger partial charge >= 0.3 is 0 Å². The fourth-order valence-corrected chi connectivity index (χ4v) is 5.03. The maximum Gasteiger partial charge on any atom is 0.0576 e. The number of rotatable bonds is 4. The molecule has 1 saturated carbocycles. The van der Waals surface area contributed by atoms with Gasteiger partial charge in [0, 0.05) is 10.9 Å². The second-order valence-corrected chi connectivity index (χ2v) is 7.74. The fraction of sp³-hybridized carbons (Fsp3) is 0.647. The van der Waals surface area contributed by atoms with Crippen LogP contribution in [0.1, 0.15) is 43.7 Å². The van der Waals surface area contributed by atoms with Crippen LogP contribution < -0.4 is 5.32 Å². The molecule has 1 aliphatic rings. The molecule has 20 heavy (non-hydrogen) atoms. The summed E-state index contributed by atoms with van der Waals surface area (Å²) in [6, 6.07) is 6.63. The van der Waals surface area contributed by atoms with Gasteiger partial charge in [0.2, 0.25) is 0 Å². The van der Waals surface area contributed by atoms with E-state index < -0.39 is 10.8 Å². The summed E-state index contributed by atoms with van der Waals surface area (Å²) in [4.78, 5) is 0.995. The van der Waals surface area contributed by atoms with Crippen molar-refractivity contribution in [1.29, 1.82) is 0 Å². The lowest BCUT2D eigenvalue weighted by Gasteiger charge is -2.35. The minimum atomic E-state index is -0.903. The summed E-state index contributed by atoms with van der Waals surface area (Å²) in [7, 11) is 1.10. The van der Waals surface area contributed by atoms with Gasteiger partial charge in [-0.15, -0.1) is 0 Å². The molecule has 1 fully saturated rings. The molecular formula is C17H27NOS. The minimum absolute atomic E-state index is 0.251. The molecule has 0 amide bonds. The van der Waals surface area contributed by atoms with E-state index in [0.717, 1.165) is 23.7 Å². The van der Waals surface area contributed by atoms with E-state index in [9.17, 15) is 4.21 Å². The second-order valence-electron chi connectivity index (χ2n) is 6.06. The minimum Gasteiger partial charge on any atom is -0.316 e. The van der Waals surface area contributed by atoms with Crippen LogP contribution in [0.3, 0.4) is 0 Å². The maximum absolute atomic E-state index is 13.0. The van der Waals surface area contributed by atoms with Crippen molar-refractivity contribution in [1.82, 2.24) is 5.32 Å². The van der Waals surface area contributed by atoms with Gasteiger partial charge in [-0.05, 0) is 69.3 Å². The molecule has 2 nitrogen and oxygen atoms in total. The molecule has 0 aromatic heterocycles. The molecule has 1 aromatic carbocycles. The first kappa shape index (κ1) is 15.7. The molecule has 0 radical (unpaired) electrons. The number of hydrogen-bond donors (Lipinski definition) is 1. The van der Waals surface area contributed by atoms with Crippen LogP contribution in [0.4, 0.5) is 0 Å². The summed E-state index contributed by atoms with van der Waals surface area (Å²) >= 11 is 0. The molecule has 4 unspecified atom stereocenters. The van der Waals surface area contributed by atoms with Crippen LogP contribution in [0.5, 0.6) is 0 Å². The smallest absolute Gasteiger partial charge is 0.0576 e. The SMILES string of the molecule is CCC1CCC(NC)C(S(=O)c2ccc(C)c(C)c2)C1. The Labute approximate surface area is 125 Å². The van der Waals surface area contributed by atoms with Crippen LogP contribution in [-0.2, 0) is 10.8 Å². The van der Waals surface area contributed by atoms with E-state index in [1.807, 2.05) is 13.1 Å². The van der Waals surface area contributed by atoms with Crippen molar-refractivity contribution in [2.45, 2.75) is 62.6 Å². The van der Waals surface area contributed by atoms with E-state index in [-0.39, 0.29) is 5.25 Å². The molecule has 4 atom stereocenters. The third-order valence-corrected chi connectivity index (χ3v) is 6.62. The Morgan fingerprint density at radius 2 is 2.00 bits per heavy atom. The summed E-state index contributed by atoms with van der Waals surface area (Å²) in [5.41, 5.74) is 2.51. The Kier molecular flexibility index (Phi) is 5.39. The first-order valence-corrected chi connectivity index (χ1v) is 8.93. The molecule has 1 aliphatic carbocycles. The van der Waals surface area contributed by atoms with Gasteiger partial charge in [0.1, 0.15) is 0 Å². The third-order valence-electron chi connectivity index (χ3n) is 4.83. The average molecular weight is 293 g/mol. The van der Waals surface area contributed by atoms with Crippen molar-refractivity contribution in [3.05, 3.63) is 29.3 Å². The molecule has 0 heterocycles. The molecule has 1 aromatic rings. The Hall–Kier alpha value is -0.670. The lowest BCUT2D eigenvalue weighted by Crippen LogP contribution is -2.44. The topological polar surface area (TPSA) is 29.1 Å². The van der Waals surface area contributed by atoms with Gasteiger partial charge in [-0.3, -0.25) is 4.21 Å². The zero-order chi connectivity index (χ0) is 14.7. The third kappa shape index (κ3) is 3.32. The highest BCUT2D eigenvalue weighted by atomic mass is 32.2. The van der Waals surface area contributed by atoms with Gasteiger partial charge < -0.3 is 5.32 Å². The standard InChI is InChI=1S/C17H27NOS/c1-5-14-7-9-16(18-4)17(11-14)20(19)15-8-6-12(2)13(3)10-15/h6,8,10,14,16-18H,5,7,9,11H2,1-4H3. The second kappa shape index (κ2) is 6.86. The highest BCUT2D eigenvalue weighted by Gasteiger charge is 2.33. The van der Waals surface area contributed by atoms with Crippen LogP contribution >= 0.6 is 0 Å². The van der Waals surface area contributed by atoms with Gasteiger partial charge in [-0.1, -0.05) is 19.4 Å². The lowest BCUT2D eigenvalue weighted by atomic mass is 9.84. The van der Waals surface area contributed by atoms with Crippen LogP contribution in [0.25, 0.3) is 0 Å². The summed E-state index contributed by atoms with van der Waals surface area (Å²) in [6.07, 6.45) is 4.71. The zero-order valence-electron chi connectivity index (χ0n) is 13.1. The van der Waals surface area contributed by atoms with E-state index in [0.29, 0.717) is 6.04 Å². The van der Waals surface area contributed by atoms with Crippen molar-refractivity contribution in [2.24, 2.45) is 5.92 Å². The molecule has 0 spiro atoms. The Morgan fingerprint density at radius 3 is 2.60 bits per heavy atom. The van der Waals surface area contributed by atoms with Gasteiger partial charge in [0.15, 0.2) is 0 Å². The van der Waals surface area contributed by atoms with Crippen molar-refractivity contribution < 1.29 is 4.21 Å². The summed E-state index contributed by atoms with van der Waals surface area (Å²) in [5, 5.41) is 3.63. The monoisotopic (exact) mass is 293 g/mol. The van der Waals surface area contributed by atoms with Crippen molar-refractivity contribution in [3.8, 4) is 0 Å². The maximum atomic E-state index is 13.0. The van der Waals surface area contributed by atoms with Gasteiger partial charge in [0.05, 0.1) is 16.0 Å². The Bertz CT molecular complexity index is 486. The molecule has 3 heteroatoms. The van der Waals surface area contributed by atoms with Crippen LogP contribution in [-0.4, -0.2) is 22.5 Å². The van der Waals surface area contributed by atoms with E-state index in [1.54, 1.807) is 0 Å². The van der Waals surface area contributed by atoms with Gasteiger partial charge in [0.25, 0.3) is 0 Å². The quantitative estimate of drug-likeness (QED) is 0.919. The van der Waals surface area contributed by atoms with Crippen molar-refractivity contribution >= 4 is 10.8 Å². The first-order valence-electron chi connectivity index (χ1n) is 7.71. The Morgan fingerprint density at radius 1 is 1.25 bits per heavy atom. The van der Waals surface area contributed by atoms with Crippen LogP contribution in [0, 0.1) is 19.8 Å². The summed E-state index contributed by atoms with van der Waals surface area (Å²) in [5.74, 6) is 0.736. The lowest BCUT2D eigenvalue weighted by molar-refractivity contribution is 0.301. The van der Waals surface area contributed by atoms with E-state index in [4.69, 9.17) is 0 Å².